The zero-order valence-electron chi connectivity index (χ0n) is 14.1. The lowest BCUT2D eigenvalue weighted by molar-refractivity contribution is -0.127. The largest absolute Gasteiger partial charge is 0.355 e. The molecule has 1 saturated carbocycles. The fraction of sp³-hybridized carbons (Fsp3) is 0.556. The minimum Gasteiger partial charge on any atom is -0.355 e. The fourth-order valence-electron chi connectivity index (χ4n) is 2.98. The second kappa shape index (κ2) is 7.13. The van der Waals surface area contributed by atoms with E-state index in [9.17, 15) is 4.79 Å². The maximum atomic E-state index is 11.9. The van der Waals surface area contributed by atoms with Crippen LogP contribution >= 0.6 is 0 Å². The summed E-state index contributed by atoms with van der Waals surface area (Å²) in [5.74, 6) is 1.52. The molecule has 1 N–H and O–H groups in total. The number of benzene rings is 1. The Bertz CT molecular complexity index is 673. The smallest absolute Gasteiger partial charge is 0.223 e. The van der Waals surface area contributed by atoms with Crippen LogP contribution in [0.5, 0.6) is 0 Å². The van der Waals surface area contributed by atoms with Crippen LogP contribution in [0.2, 0.25) is 0 Å². The second-order valence-corrected chi connectivity index (χ2v) is 6.64. The first kappa shape index (κ1) is 16.0. The maximum absolute atomic E-state index is 11.9. The minimum atomic E-state index is 0.215. The lowest BCUT2D eigenvalue weighted by Crippen LogP contribution is -2.35. The molecule has 0 aliphatic heterocycles. The maximum Gasteiger partial charge on any atom is 0.223 e. The van der Waals surface area contributed by atoms with Crippen molar-refractivity contribution in [2.45, 2.75) is 32.2 Å². The molecule has 1 aliphatic carbocycles. The van der Waals surface area contributed by atoms with E-state index in [2.05, 4.69) is 47.1 Å². The van der Waals surface area contributed by atoms with Gasteiger partial charge in [-0.1, -0.05) is 18.6 Å². The highest BCUT2D eigenvalue weighted by Gasteiger charge is 2.24. The molecule has 124 valence electrons. The molecule has 0 bridgehead atoms. The van der Waals surface area contributed by atoms with E-state index >= 15 is 0 Å². The van der Waals surface area contributed by atoms with Crippen LogP contribution in [0.1, 0.15) is 25.1 Å². The predicted molar refractivity (Wildman–Crippen MR) is 92.3 cm³/mol. The van der Waals surface area contributed by atoms with Crippen LogP contribution in [-0.2, 0) is 17.8 Å². The number of nitrogens with zero attached hydrogens (tertiary/aromatic N) is 3. The van der Waals surface area contributed by atoms with Crippen molar-refractivity contribution < 1.29 is 4.79 Å². The molecule has 5 nitrogen and oxygen atoms in total. The van der Waals surface area contributed by atoms with Crippen LogP contribution in [0.4, 0.5) is 0 Å². The van der Waals surface area contributed by atoms with Crippen LogP contribution in [-0.4, -0.2) is 47.5 Å². The van der Waals surface area contributed by atoms with Gasteiger partial charge in [0, 0.05) is 32.0 Å². The van der Waals surface area contributed by atoms with Crippen molar-refractivity contribution in [3.05, 3.63) is 30.1 Å². The molecular weight excluding hydrogens is 288 g/mol. The molecule has 23 heavy (non-hydrogen) atoms. The Kier molecular flexibility index (Phi) is 4.96. The standard InChI is InChI=1S/C18H26N4O/c1-21(2)12-13-22-16-9-4-3-8-15(16)20-17(22)10-11-19-18(23)14-6-5-7-14/h3-4,8-9,14H,5-7,10-13H2,1-2H3,(H,19,23). The zero-order valence-corrected chi connectivity index (χ0v) is 14.1. The summed E-state index contributed by atoms with van der Waals surface area (Å²) in [7, 11) is 4.16. The average Bonchev–Trinajstić information content (AvgIpc) is 2.81. The molecule has 5 heteroatoms. The highest BCUT2D eigenvalue weighted by atomic mass is 16.1. The molecule has 1 fully saturated rings. The van der Waals surface area contributed by atoms with Crippen molar-refractivity contribution >= 4 is 16.9 Å². The number of likely N-dealkylation sites (N-methyl/N-ethyl adjacent to an activating group) is 1. The van der Waals surface area contributed by atoms with Gasteiger partial charge >= 0.3 is 0 Å². The van der Waals surface area contributed by atoms with Gasteiger partial charge in [-0.2, -0.15) is 0 Å². The molecule has 1 heterocycles. The van der Waals surface area contributed by atoms with Gasteiger partial charge < -0.3 is 14.8 Å². The molecule has 1 amide bonds. The van der Waals surface area contributed by atoms with E-state index in [0.717, 1.165) is 43.7 Å². The molecular formula is C18H26N4O. The Balaban J connectivity index is 1.68. The van der Waals surface area contributed by atoms with E-state index in [-0.39, 0.29) is 11.8 Å². The van der Waals surface area contributed by atoms with Crippen LogP contribution in [0.3, 0.4) is 0 Å². The first-order chi connectivity index (χ1) is 11.1. The zero-order chi connectivity index (χ0) is 16.2. The number of carbonyl (C=O) groups excluding carboxylic acids is 1. The number of para-hydroxylation sites is 2. The number of fused-ring (bicyclic) bond motifs is 1. The van der Waals surface area contributed by atoms with Gasteiger partial charge in [0.25, 0.3) is 0 Å². The van der Waals surface area contributed by atoms with Crippen LogP contribution < -0.4 is 5.32 Å². The molecule has 2 aromatic rings. The molecule has 0 unspecified atom stereocenters. The Morgan fingerprint density at radius 1 is 1.35 bits per heavy atom. The number of rotatable bonds is 7. The summed E-state index contributed by atoms with van der Waals surface area (Å²) in [6.07, 6.45) is 4.07. The topological polar surface area (TPSA) is 50.2 Å². The number of imidazole rings is 1. The van der Waals surface area contributed by atoms with Gasteiger partial charge in [-0.25, -0.2) is 4.98 Å². The van der Waals surface area contributed by atoms with Crippen molar-refractivity contribution in [2.75, 3.05) is 27.2 Å². The molecule has 1 aliphatic rings. The van der Waals surface area contributed by atoms with E-state index in [1.807, 2.05) is 6.07 Å². The van der Waals surface area contributed by atoms with Crippen molar-refractivity contribution in [3.63, 3.8) is 0 Å². The number of hydrogen-bond donors (Lipinski definition) is 1. The lowest BCUT2D eigenvalue weighted by Gasteiger charge is -2.24. The quantitative estimate of drug-likeness (QED) is 0.851. The predicted octanol–water partition coefficient (Wildman–Crippen LogP) is 2.06. The van der Waals surface area contributed by atoms with Crippen molar-refractivity contribution in [1.29, 1.82) is 0 Å². The van der Waals surface area contributed by atoms with Gasteiger partial charge in [0.15, 0.2) is 0 Å². The van der Waals surface area contributed by atoms with Gasteiger partial charge in [0.2, 0.25) is 5.91 Å². The molecule has 0 radical (unpaired) electrons. The number of aromatic nitrogens is 2. The summed E-state index contributed by atoms with van der Waals surface area (Å²) in [5, 5.41) is 3.07. The summed E-state index contributed by atoms with van der Waals surface area (Å²) in [5.41, 5.74) is 2.21. The number of carbonyl (C=O) groups is 1. The van der Waals surface area contributed by atoms with E-state index in [4.69, 9.17) is 4.98 Å². The third-order valence-corrected chi connectivity index (χ3v) is 4.63. The Labute approximate surface area is 137 Å². The van der Waals surface area contributed by atoms with Crippen LogP contribution in [0.15, 0.2) is 24.3 Å². The van der Waals surface area contributed by atoms with Gasteiger partial charge in [-0.15, -0.1) is 0 Å². The average molecular weight is 314 g/mol. The summed E-state index contributed by atoms with van der Waals surface area (Å²) in [6, 6.07) is 8.25. The van der Waals surface area contributed by atoms with Crippen molar-refractivity contribution in [1.82, 2.24) is 19.8 Å². The summed E-state index contributed by atoms with van der Waals surface area (Å²) in [4.78, 5) is 18.9. The molecule has 0 saturated heterocycles. The van der Waals surface area contributed by atoms with Crippen LogP contribution in [0.25, 0.3) is 11.0 Å². The van der Waals surface area contributed by atoms with Gasteiger partial charge in [-0.05, 0) is 39.1 Å². The minimum absolute atomic E-state index is 0.215. The highest BCUT2D eigenvalue weighted by molar-refractivity contribution is 5.79. The Morgan fingerprint density at radius 3 is 2.83 bits per heavy atom. The monoisotopic (exact) mass is 314 g/mol. The van der Waals surface area contributed by atoms with E-state index in [1.165, 1.54) is 11.9 Å². The Morgan fingerprint density at radius 2 is 2.13 bits per heavy atom. The molecule has 3 rings (SSSR count). The second-order valence-electron chi connectivity index (χ2n) is 6.64. The van der Waals surface area contributed by atoms with E-state index < -0.39 is 0 Å². The van der Waals surface area contributed by atoms with Gasteiger partial charge in [-0.3, -0.25) is 4.79 Å². The molecule has 1 aromatic carbocycles. The third-order valence-electron chi connectivity index (χ3n) is 4.63. The number of nitrogens with one attached hydrogen (secondary N) is 1. The fourth-order valence-corrected chi connectivity index (χ4v) is 2.98. The molecule has 1 aromatic heterocycles. The number of hydrogen-bond acceptors (Lipinski definition) is 3. The van der Waals surface area contributed by atoms with Gasteiger partial charge in [0.05, 0.1) is 11.0 Å². The highest BCUT2D eigenvalue weighted by Crippen LogP contribution is 2.26. The lowest BCUT2D eigenvalue weighted by atomic mass is 9.85. The third kappa shape index (κ3) is 3.72. The SMILES string of the molecule is CN(C)CCn1c(CCNC(=O)C2CCC2)nc2ccccc21. The van der Waals surface area contributed by atoms with E-state index in [0.29, 0.717) is 6.54 Å². The summed E-state index contributed by atoms with van der Waals surface area (Å²) in [6.45, 7) is 2.56. The van der Waals surface area contributed by atoms with Crippen LogP contribution in [0, 0.1) is 5.92 Å². The Hall–Kier alpha value is -1.88. The van der Waals surface area contributed by atoms with Crippen molar-refractivity contribution in [3.8, 4) is 0 Å². The molecule has 0 spiro atoms. The summed E-state index contributed by atoms with van der Waals surface area (Å²) < 4.78 is 2.28. The van der Waals surface area contributed by atoms with Gasteiger partial charge in [0.1, 0.15) is 5.82 Å². The summed E-state index contributed by atoms with van der Waals surface area (Å²) >= 11 is 0. The first-order valence-corrected chi connectivity index (χ1v) is 8.52. The first-order valence-electron chi connectivity index (χ1n) is 8.52. The number of amides is 1. The van der Waals surface area contributed by atoms with E-state index in [1.54, 1.807) is 0 Å². The van der Waals surface area contributed by atoms with Crippen molar-refractivity contribution in [2.24, 2.45) is 5.92 Å². The normalized spacial score (nSPS) is 15.1. The molecule has 0 atom stereocenters.